The molecule has 1 aromatic rings. The molecule has 0 aromatic carbocycles. The molecule has 0 amide bonds. The summed E-state index contributed by atoms with van der Waals surface area (Å²) in [6.07, 6.45) is 5.03. The Balaban J connectivity index is 2.06. The predicted molar refractivity (Wildman–Crippen MR) is 57.3 cm³/mol. The summed E-state index contributed by atoms with van der Waals surface area (Å²) in [5, 5.41) is 4.58. The molecule has 0 N–H and O–H groups in total. The zero-order valence-electron chi connectivity index (χ0n) is 8.37. The van der Waals surface area contributed by atoms with Crippen molar-refractivity contribution in [3.63, 3.8) is 0 Å². The molecule has 1 aliphatic carbocycles. The van der Waals surface area contributed by atoms with Gasteiger partial charge in [0, 0.05) is 5.92 Å². The van der Waals surface area contributed by atoms with Crippen LogP contribution in [-0.4, -0.2) is 10.1 Å². The Bertz CT molecular complexity index is 300. The van der Waals surface area contributed by atoms with Gasteiger partial charge < -0.3 is 4.52 Å². The van der Waals surface area contributed by atoms with Crippen LogP contribution in [0, 0.1) is 5.92 Å². The van der Waals surface area contributed by atoms with Gasteiger partial charge in [-0.2, -0.15) is 4.98 Å². The van der Waals surface area contributed by atoms with Gasteiger partial charge >= 0.3 is 0 Å². The van der Waals surface area contributed by atoms with Crippen LogP contribution in [-0.2, 0) is 5.33 Å². The first-order chi connectivity index (χ1) is 6.79. The third kappa shape index (κ3) is 2.16. The number of aromatic nitrogens is 2. The zero-order chi connectivity index (χ0) is 9.97. The summed E-state index contributed by atoms with van der Waals surface area (Å²) in [6.45, 7) is 2.30. The van der Waals surface area contributed by atoms with E-state index in [2.05, 4.69) is 33.0 Å². The minimum atomic E-state index is 0.499. The first-order valence-corrected chi connectivity index (χ1v) is 6.30. The minimum Gasteiger partial charge on any atom is -0.339 e. The van der Waals surface area contributed by atoms with Crippen LogP contribution in [0.25, 0.3) is 0 Å². The van der Waals surface area contributed by atoms with Crippen molar-refractivity contribution in [3.8, 4) is 0 Å². The molecular formula is C10H15BrN2O. The highest BCUT2D eigenvalue weighted by Crippen LogP contribution is 2.34. The SMILES string of the molecule is CC1CCCC(c2nc(CBr)no2)C1. The second kappa shape index (κ2) is 4.43. The van der Waals surface area contributed by atoms with E-state index in [-0.39, 0.29) is 0 Å². The number of halogens is 1. The molecule has 2 unspecified atom stereocenters. The van der Waals surface area contributed by atoms with Gasteiger partial charge in [0.05, 0.1) is 5.33 Å². The van der Waals surface area contributed by atoms with Gasteiger partial charge in [-0.3, -0.25) is 0 Å². The van der Waals surface area contributed by atoms with E-state index in [0.717, 1.165) is 17.6 Å². The molecule has 3 nitrogen and oxygen atoms in total. The van der Waals surface area contributed by atoms with Crippen LogP contribution in [0.5, 0.6) is 0 Å². The first-order valence-electron chi connectivity index (χ1n) is 5.18. The maximum absolute atomic E-state index is 5.25. The molecule has 14 heavy (non-hydrogen) atoms. The Morgan fingerprint density at radius 3 is 3.00 bits per heavy atom. The smallest absolute Gasteiger partial charge is 0.229 e. The molecule has 1 saturated carbocycles. The van der Waals surface area contributed by atoms with Crippen LogP contribution in [0.1, 0.15) is 50.2 Å². The maximum atomic E-state index is 5.25. The van der Waals surface area contributed by atoms with Crippen molar-refractivity contribution in [2.45, 2.75) is 43.9 Å². The average Bonchev–Trinajstić information content (AvgIpc) is 2.66. The lowest BCUT2D eigenvalue weighted by Gasteiger charge is -2.23. The van der Waals surface area contributed by atoms with Crippen molar-refractivity contribution < 1.29 is 4.52 Å². The molecule has 78 valence electrons. The van der Waals surface area contributed by atoms with E-state index in [0.29, 0.717) is 11.2 Å². The Morgan fingerprint density at radius 2 is 2.36 bits per heavy atom. The summed E-state index contributed by atoms with van der Waals surface area (Å²) in [5.41, 5.74) is 0. The molecule has 1 heterocycles. The summed E-state index contributed by atoms with van der Waals surface area (Å²) < 4.78 is 5.25. The first kappa shape index (κ1) is 10.1. The summed E-state index contributed by atoms with van der Waals surface area (Å²) in [5.74, 6) is 2.90. The molecular weight excluding hydrogens is 244 g/mol. The normalized spacial score (nSPS) is 27.9. The largest absolute Gasteiger partial charge is 0.339 e. The van der Waals surface area contributed by atoms with Gasteiger partial charge in [0.25, 0.3) is 0 Å². The van der Waals surface area contributed by atoms with E-state index in [9.17, 15) is 0 Å². The van der Waals surface area contributed by atoms with Crippen LogP contribution in [0.3, 0.4) is 0 Å². The van der Waals surface area contributed by atoms with E-state index in [1.165, 1.54) is 25.7 Å². The number of alkyl halides is 1. The Morgan fingerprint density at radius 1 is 1.50 bits per heavy atom. The maximum Gasteiger partial charge on any atom is 0.229 e. The van der Waals surface area contributed by atoms with Crippen LogP contribution < -0.4 is 0 Å². The fourth-order valence-corrected chi connectivity index (χ4v) is 2.37. The highest BCUT2D eigenvalue weighted by molar-refractivity contribution is 9.08. The third-order valence-electron chi connectivity index (χ3n) is 2.89. The van der Waals surface area contributed by atoms with Gasteiger partial charge in [-0.25, -0.2) is 0 Å². The molecule has 2 rings (SSSR count). The lowest BCUT2D eigenvalue weighted by atomic mass is 9.82. The number of rotatable bonds is 2. The minimum absolute atomic E-state index is 0.499. The topological polar surface area (TPSA) is 38.9 Å². The van der Waals surface area contributed by atoms with Gasteiger partial charge in [-0.1, -0.05) is 40.9 Å². The van der Waals surface area contributed by atoms with E-state index >= 15 is 0 Å². The molecule has 0 aliphatic heterocycles. The van der Waals surface area contributed by atoms with Crippen molar-refractivity contribution >= 4 is 15.9 Å². The van der Waals surface area contributed by atoms with Crippen molar-refractivity contribution in [1.29, 1.82) is 0 Å². The van der Waals surface area contributed by atoms with Gasteiger partial charge in [-0.05, 0) is 18.8 Å². The average molecular weight is 259 g/mol. The van der Waals surface area contributed by atoms with Crippen LogP contribution in [0.15, 0.2) is 4.52 Å². The molecule has 1 aliphatic rings. The standard InChI is InChI=1S/C10H15BrN2O/c1-7-3-2-4-8(5-7)10-12-9(6-11)13-14-10/h7-8H,2-6H2,1H3. The Kier molecular flexibility index (Phi) is 3.21. The zero-order valence-corrected chi connectivity index (χ0v) is 9.96. The van der Waals surface area contributed by atoms with E-state index in [1.54, 1.807) is 0 Å². The summed E-state index contributed by atoms with van der Waals surface area (Å²) in [4.78, 5) is 4.36. The van der Waals surface area contributed by atoms with Crippen LogP contribution >= 0.6 is 15.9 Å². The lowest BCUT2D eigenvalue weighted by molar-refractivity contribution is 0.275. The number of hydrogen-bond donors (Lipinski definition) is 0. The molecule has 0 bridgehead atoms. The summed E-state index contributed by atoms with van der Waals surface area (Å²) in [6, 6.07) is 0. The fraction of sp³-hybridized carbons (Fsp3) is 0.800. The molecule has 0 radical (unpaired) electrons. The van der Waals surface area contributed by atoms with Gasteiger partial charge in [0.2, 0.25) is 5.89 Å². The third-order valence-corrected chi connectivity index (χ3v) is 3.39. The molecule has 1 fully saturated rings. The van der Waals surface area contributed by atoms with Crippen molar-refractivity contribution in [2.75, 3.05) is 0 Å². The number of hydrogen-bond acceptors (Lipinski definition) is 3. The second-order valence-corrected chi connectivity index (χ2v) is 4.71. The van der Waals surface area contributed by atoms with Gasteiger partial charge in [0.1, 0.15) is 0 Å². The highest BCUT2D eigenvalue weighted by Gasteiger charge is 2.24. The highest BCUT2D eigenvalue weighted by atomic mass is 79.9. The van der Waals surface area contributed by atoms with E-state index in [1.807, 2.05) is 0 Å². The van der Waals surface area contributed by atoms with Gasteiger partial charge in [0.15, 0.2) is 5.82 Å². The quantitative estimate of drug-likeness (QED) is 0.765. The van der Waals surface area contributed by atoms with E-state index in [4.69, 9.17) is 4.52 Å². The van der Waals surface area contributed by atoms with Crippen molar-refractivity contribution in [3.05, 3.63) is 11.7 Å². The van der Waals surface area contributed by atoms with Gasteiger partial charge in [-0.15, -0.1) is 0 Å². The Hall–Kier alpha value is -0.380. The molecule has 2 atom stereocenters. The van der Waals surface area contributed by atoms with Crippen LogP contribution in [0.4, 0.5) is 0 Å². The predicted octanol–water partition coefficient (Wildman–Crippen LogP) is 3.26. The lowest BCUT2D eigenvalue weighted by Crippen LogP contribution is -2.11. The van der Waals surface area contributed by atoms with Crippen LogP contribution in [0.2, 0.25) is 0 Å². The molecule has 0 saturated heterocycles. The number of nitrogens with zero attached hydrogens (tertiary/aromatic N) is 2. The Labute approximate surface area is 92.4 Å². The molecule has 4 heteroatoms. The second-order valence-electron chi connectivity index (χ2n) is 4.15. The van der Waals surface area contributed by atoms with Crippen molar-refractivity contribution in [1.82, 2.24) is 10.1 Å². The van der Waals surface area contributed by atoms with E-state index < -0.39 is 0 Å². The monoisotopic (exact) mass is 258 g/mol. The summed E-state index contributed by atoms with van der Waals surface area (Å²) >= 11 is 3.32. The molecule has 0 spiro atoms. The molecule has 1 aromatic heterocycles. The fourth-order valence-electron chi connectivity index (χ4n) is 2.15. The van der Waals surface area contributed by atoms with Crippen molar-refractivity contribution in [2.24, 2.45) is 5.92 Å². The summed E-state index contributed by atoms with van der Waals surface area (Å²) in [7, 11) is 0.